The van der Waals surface area contributed by atoms with Gasteiger partial charge in [-0.05, 0) is 85.1 Å². The molecule has 4 nitrogen and oxygen atoms in total. The lowest BCUT2D eigenvalue weighted by molar-refractivity contribution is 0.399. The van der Waals surface area contributed by atoms with Crippen LogP contribution in [-0.2, 0) is 11.8 Å². The Hall–Kier alpha value is -3.50. The van der Waals surface area contributed by atoms with Crippen LogP contribution in [0.25, 0.3) is 6.08 Å². The molecular formula is C32H46N2O2. The molecule has 0 saturated carbocycles. The maximum Gasteiger partial charge on any atom is 0.122 e. The van der Waals surface area contributed by atoms with E-state index in [0.717, 1.165) is 29.7 Å². The van der Waals surface area contributed by atoms with E-state index in [9.17, 15) is 0 Å². The van der Waals surface area contributed by atoms with E-state index in [-0.39, 0.29) is 1.43 Å². The van der Waals surface area contributed by atoms with E-state index in [1.54, 1.807) is 13.2 Å². The molecule has 4 heteroatoms. The van der Waals surface area contributed by atoms with Gasteiger partial charge in [0, 0.05) is 31.7 Å². The molecule has 0 spiro atoms. The molecule has 0 radical (unpaired) electrons. The molecule has 0 atom stereocenters. The zero-order valence-electron chi connectivity index (χ0n) is 23.1. The standard InChI is InChI=1S/C18H22N2.C13H18O.CH4O.H2/c1-5-7-13-20-18-10-8-9-14(3)16(18)12-11-15(4)17(19)6-2;1-9-7-11-10(8-12(9)14-4)5-6-13(11,2)3;1-2;/h5-13,20H,1,4,19H2,2-3H3;7-8H,5-6H2,1-4H3;2H,1H3;1H/b12-11-,13-7-,17-6-;;;. The first-order valence-electron chi connectivity index (χ1n) is 12.2. The highest BCUT2D eigenvalue weighted by Gasteiger charge is 2.30. The third-order valence-corrected chi connectivity index (χ3v) is 6.30. The highest BCUT2D eigenvalue weighted by atomic mass is 16.5. The van der Waals surface area contributed by atoms with Crippen LogP contribution in [0.5, 0.6) is 5.75 Å². The van der Waals surface area contributed by atoms with E-state index in [4.69, 9.17) is 15.6 Å². The van der Waals surface area contributed by atoms with Gasteiger partial charge in [-0.3, -0.25) is 0 Å². The van der Waals surface area contributed by atoms with Gasteiger partial charge < -0.3 is 20.9 Å². The van der Waals surface area contributed by atoms with Gasteiger partial charge in [0.2, 0.25) is 0 Å². The lowest BCUT2D eigenvalue weighted by Gasteiger charge is -2.19. The Morgan fingerprint density at radius 3 is 2.50 bits per heavy atom. The molecule has 0 bridgehead atoms. The molecule has 0 amide bonds. The van der Waals surface area contributed by atoms with Crippen LogP contribution in [0.3, 0.4) is 0 Å². The first-order valence-corrected chi connectivity index (χ1v) is 12.2. The number of aliphatic hydroxyl groups excluding tert-OH is 1. The summed E-state index contributed by atoms with van der Waals surface area (Å²) in [5, 5.41) is 10.2. The normalized spacial score (nSPS) is 13.8. The molecule has 2 aromatic carbocycles. The van der Waals surface area contributed by atoms with Crippen LogP contribution in [0.15, 0.2) is 85.3 Å². The SMILES string of the molecule is C=C/C=C\Nc1cccc(C)c1/C=C\C(=C)/C(N)=C/C.CO.COc1cc2c(cc1C)C(C)(C)CC2.[HH]. The minimum atomic E-state index is 0. The number of aryl methyl sites for hydroxylation is 3. The largest absolute Gasteiger partial charge is 0.496 e. The topological polar surface area (TPSA) is 67.5 Å². The number of allylic oxidation sites excluding steroid dienone is 4. The van der Waals surface area contributed by atoms with Crippen LogP contribution >= 0.6 is 0 Å². The Morgan fingerprint density at radius 2 is 1.89 bits per heavy atom. The van der Waals surface area contributed by atoms with Crippen LogP contribution in [-0.4, -0.2) is 19.3 Å². The van der Waals surface area contributed by atoms with Crippen molar-refractivity contribution in [2.45, 2.75) is 52.9 Å². The first-order chi connectivity index (χ1) is 17.1. The number of nitrogens with two attached hydrogens (primary N) is 1. The smallest absolute Gasteiger partial charge is 0.122 e. The Balaban J connectivity index is 0.000000669. The fourth-order valence-corrected chi connectivity index (χ4v) is 4.07. The fraction of sp³-hybridized carbons (Fsp3) is 0.312. The minimum Gasteiger partial charge on any atom is -0.496 e. The van der Waals surface area contributed by atoms with Crippen molar-refractivity contribution < 1.29 is 11.3 Å². The molecule has 0 unspecified atom stereocenters. The number of aliphatic hydroxyl groups is 1. The fourth-order valence-electron chi connectivity index (χ4n) is 4.07. The monoisotopic (exact) mass is 490 g/mol. The van der Waals surface area contributed by atoms with E-state index in [1.165, 1.54) is 35.1 Å². The van der Waals surface area contributed by atoms with Crippen LogP contribution < -0.4 is 15.8 Å². The summed E-state index contributed by atoms with van der Waals surface area (Å²) < 4.78 is 5.34. The van der Waals surface area contributed by atoms with E-state index in [1.807, 2.05) is 49.6 Å². The highest BCUT2D eigenvalue weighted by Crippen LogP contribution is 2.40. The van der Waals surface area contributed by atoms with E-state index < -0.39 is 0 Å². The second-order valence-electron chi connectivity index (χ2n) is 9.24. The first kappa shape index (κ1) is 30.5. The van der Waals surface area contributed by atoms with Crippen LogP contribution in [0.1, 0.15) is 56.4 Å². The number of rotatable bonds is 7. The predicted molar refractivity (Wildman–Crippen MR) is 160 cm³/mol. The number of methoxy groups -OCH3 is 1. The van der Waals surface area contributed by atoms with Crippen LogP contribution in [0, 0.1) is 13.8 Å². The van der Waals surface area contributed by atoms with E-state index in [2.05, 4.69) is 64.4 Å². The van der Waals surface area contributed by atoms with E-state index >= 15 is 0 Å². The Labute approximate surface area is 220 Å². The summed E-state index contributed by atoms with van der Waals surface area (Å²) in [6.07, 6.45) is 13.7. The molecule has 1 aliphatic carbocycles. The second kappa shape index (κ2) is 14.8. The van der Waals surface area contributed by atoms with Gasteiger partial charge in [-0.25, -0.2) is 0 Å². The number of anilines is 1. The summed E-state index contributed by atoms with van der Waals surface area (Å²) in [7, 11) is 2.74. The van der Waals surface area contributed by atoms with Crippen molar-refractivity contribution in [2.75, 3.05) is 19.5 Å². The van der Waals surface area contributed by atoms with Crippen molar-refractivity contribution >= 4 is 11.8 Å². The molecule has 0 aromatic heterocycles. The number of benzene rings is 2. The third-order valence-electron chi connectivity index (χ3n) is 6.30. The zero-order chi connectivity index (χ0) is 27.3. The number of hydrogen-bond donors (Lipinski definition) is 3. The Bertz CT molecular complexity index is 1130. The van der Waals surface area contributed by atoms with Gasteiger partial charge >= 0.3 is 0 Å². The number of fused-ring (bicyclic) bond motifs is 1. The Kier molecular flexibility index (Phi) is 12.5. The van der Waals surface area contributed by atoms with Crippen molar-refractivity contribution in [1.82, 2.24) is 0 Å². The van der Waals surface area contributed by atoms with Gasteiger partial charge in [-0.1, -0.05) is 69.5 Å². The summed E-state index contributed by atoms with van der Waals surface area (Å²) in [4.78, 5) is 0. The molecule has 0 saturated heterocycles. The van der Waals surface area contributed by atoms with Crippen molar-refractivity contribution in [2.24, 2.45) is 5.73 Å². The van der Waals surface area contributed by atoms with Crippen molar-refractivity contribution in [3.63, 3.8) is 0 Å². The maximum absolute atomic E-state index is 7.00. The number of ether oxygens (including phenoxy) is 1. The zero-order valence-corrected chi connectivity index (χ0v) is 23.1. The molecule has 1 aliphatic rings. The molecule has 36 heavy (non-hydrogen) atoms. The van der Waals surface area contributed by atoms with Crippen molar-refractivity contribution in [3.05, 3.63) is 113 Å². The molecule has 196 valence electrons. The molecule has 2 aromatic rings. The lowest BCUT2D eigenvalue weighted by atomic mass is 9.86. The second-order valence-corrected chi connectivity index (χ2v) is 9.24. The molecule has 0 heterocycles. The molecular weight excluding hydrogens is 444 g/mol. The quantitative estimate of drug-likeness (QED) is 0.349. The molecule has 0 fully saturated rings. The summed E-state index contributed by atoms with van der Waals surface area (Å²) in [6.45, 7) is 18.3. The van der Waals surface area contributed by atoms with Gasteiger partial charge in [0.1, 0.15) is 5.75 Å². The average molecular weight is 491 g/mol. The van der Waals surface area contributed by atoms with Gasteiger partial charge in [0.25, 0.3) is 0 Å². The predicted octanol–water partition coefficient (Wildman–Crippen LogP) is 7.62. The highest BCUT2D eigenvalue weighted by molar-refractivity contribution is 5.72. The number of hydrogen-bond acceptors (Lipinski definition) is 4. The lowest BCUT2D eigenvalue weighted by Crippen LogP contribution is -2.11. The summed E-state index contributed by atoms with van der Waals surface area (Å²) in [5.74, 6) is 1.03. The summed E-state index contributed by atoms with van der Waals surface area (Å²) in [5.41, 5.74) is 15.2. The summed E-state index contributed by atoms with van der Waals surface area (Å²) >= 11 is 0. The minimum absolute atomic E-state index is 0. The average Bonchev–Trinajstić information content (AvgIpc) is 3.17. The van der Waals surface area contributed by atoms with Gasteiger partial charge in [0.05, 0.1) is 7.11 Å². The van der Waals surface area contributed by atoms with Gasteiger partial charge in [-0.2, -0.15) is 0 Å². The maximum atomic E-state index is 7.00. The van der Waals surface area contributed by atoms with Crippen molar-refractivity contribution in [1.29, 1.82) is 0 Å². The van der Waals surface area contributed by atoms with Crippen molar-refractivity contribution in [3.8, 4) is 5.75 Å². The molecule has 0 aliphatic heterocycles. The molecule has 3 rings (SSSR count). The Morgan fingerprint density at radius 1 is 1.19 bits per heavy atom. The van der Waals surface area contributed by atoms with Gasteiger partial charge in [-0.15, -0.1) is 0 Å². The van der Waals surface area contributed by atoms with Gasteiger partial charge in [0.15, 0.2) is 0 Å². The third kappa shape index (κ3) is 8.31. The molecule has 4 N–H and O–H groups in total. The number of nitrogens with one attached hydrogen (secondary N) is 1. The van der Waals surface area contributed by atoms with Crippen LogP contribution in [0.2, 0.25) is 0 Å². The summed E-state index contributed by atoms with van der Waals surface area (Å²) in [6, 6.07) is 10.6. The van der Waals surface area contributed by atoms with E-state index in [0.29, 0.717) is 11.1 Å². The van der Waals surface area contributed by atoms with Crippen LogP contribution in [0.4, 0.5) is 5.69 Å².